The molecule has 2 aromatic heterocycles. The maximum atomic E-state index is 12.7. The molecule has 4 atom stereocenters. The van der Waals surface area contributed by atoms with Crippen molar-refractivity contribution in [1.29, 1.82) is 0 Å². The second kappa shape index (κ2) is 11.9. The molecule has 0 radical (unpaired) electrons. The quantitative estimate of drug-likeness (QED) is 0.217. The maximum absolute atomic E-state index is 12.7. The van der Waals surface area contributed by atoms with E-state index in [9.17, 15) is 4.79 Å². The van der Waals surface area contributed by atoms with Crippen LogP contribution in [0.2, 0.25) is 0 Å². The number of tetrazole rings is 1. The smallest absolute Gasteiger partial charge is 0.410 e. The molecular formula is C36H42N6O3. The van der Waals surface area contributed by atoms with E-state index < -0.39 is 5.60 Å². The van der Waals surface area contributed by atoms with Gasteiger partial charge in [0.2, 0.25) is 5.82 Å². The lowest BCUT2D eigenvalue weighted by Gasteiger charge is -2.39. The number of hydrogen-bond acceptors (Lipinski definition) is 7. The third-order valence-corrected chi connectivity index (χ3v) is 9.82. The summed E-state index contributed by atoms with van der Waals surface area (Å²) < 4.78 is 11.7. The molecule has 2 aromatic carbocycles. The second-order valence-corrected chi connectivity index (χ2v) is 13.9. The molecule has 3 heterocycles. The first-order chi connectivity index (χ1) is 21.8. The highest BCUT2D eigenvalue weighted by Gasteiger charge is 2.52. The Morgan fingerprint density at radius 1 is 0.978 bits per heavy atom. The Bertz CT molecular complexity index is 1620. The molecule has 9 heteroatoms. The van der Waals surface area contributed by atoms with E-state index in [4.69, 9.17) is 14.6 Å². The maximum Gasteiger partial charge on any atom is 0.410 e. The zero-order valence-corrected chi connectivity index (χ0v) is 26.4. The molecular weight excluding hydrogens is 564 g/mol. The van der Waals surface area contributed by atoms with Crippen molar-refractivity contribution < 1.29 is 14.3 Å². The Hall–Kier alpha value is -4.27. The predicted octanol–water partition coefficient (Wildman–Crippen LogP) is 6.82. The highest BCUT2D eigenvalue weighted by atomic mass is 16.6. The van der Waals surface area contributed by atoms with Crippen molar-refractivity contribution in [3.05, 3.63) is 89.7 Å². The van der Waals surface area contributed by atoms with Crippen LogP contribution in [0.25, 0.3) is 11.4 Å². The second-order valence-electron chi connectivity index (χ2n) is 13.9. The summed E-state index contributed by atoms with van der Waals surface area (Å²) in [6.45, 7) is 7.32. The summed E-state index contributed by atoms with van der Waals surface area (Å²) in [7, 11) is 0. The number of aromatic nitrogens is 5. The number of pyridine rings is 1. The first kappa shape index (κ1) is 29.4. The van der Waals surface area contributed by atoms with E-state index in [1.54, 1.807) is 15.9 Å². The molecule has 3 aliphatic rings. The summed E-state index contributed by atoms with van der Waals surface area (Å²) in [5, 5.41) is 13.4. The van der Waals surface area contributed by atoms with E-state index in [1.807, 2.05) is 39.0 Å². The number of carbonyl (C=O) groups excluding carboxylic acids is 1. The van der Waals surface area contributed by atoms with Crippen molar-refractivity contribution in [2.75, 3.05) is 6.54 Å². The molecule has 2 bridgehead atoms. The van der Waals surface area contributed by atoms with Crippen molar-refractivity contribution in [2.45, 2.75) is 89.5 Å². The summed E-state index contributed by atoms with van der Waals surface area (Å²) in [6, 6.07) is 23.4. The zero-order chi connectivity index (χ0) is 31.0. The van der Waals surface area contributed by atoms with Gasteiger partial charge in [0, 0.05) is 23.7 Å². The van der Waals surface area contributed by atoms with Crippen molar-refractivity contribution in [2.24, 2.45) is 11.8 Å². The Labute approximate surface area is 265 Å². The van der Waals surface area contributed by atoms with Crippen LogP contribution >= 0.6 is 0 Å². The highest BCUT2D eigenvalue weighted by molar-refractivity contribution is 5.69. The molecule has 0 spiro atoms. The van der Waals surface area contributed by atoms with Crippen molar-refractivity contribution in [1.82, 2.24) is 30.1 Å². The van der Waals surface area contributed by atoms with Gasteiger partial charge in [0.15, 0.2) is 0 Å². The van der Waals surface area contributed by atoms with Crippen LogP contribution in [0, 0.1) is 11.8 Å². The fourth-order valence-electron chi connectivity index (χ4n) is 7.82. The first-order valence-corrected chi connectivity index (χ1v) is 16.3. The van der Waals surface area contributed by atoms with Gasteiger partial charge in [-0.3, -0.25) is 4.98 Å². The number of carbonyl (C=O) groups is 1. The topological polar surface area (TPSA) is 95.3 Å². The van der Waals surface area contributed by atoms with Gasteiger partial charge in [-0.05, 0) is 105 Å². The summed E-state index contributed by atoms with van der Waals surface area (Å²) in [5.74, 6) is 2.86. The standard InChI is InChI=1S/C36H42N6O3/c1-35(2,3)45-34(43)41-20-6-8-31(41)23-42-39-33(38-40-42)26-10-13-27(14-11-26)36(22-25-9-12-29(36)21-25)28-15-17-32(18-16-28)44-24-30-7-4-5-19-37-30/h4-5,7,10-11,13-19,25,29,31H,6,8-9,12,20-24H2,1-3H3/t25?,29?,31-,36-/m0/s1. The van der Waals surface area contributed by atoms with E-state index in [2.05, 4.69) is 63.8 Å². The van der Waals surface area contributed by atoms with Crippen LogP contribution in [-0.4, -0.2) is 54.4 Å². The first-order valence-electron chi connectivity index (χ1n) is 16.3. The lowest BCUT2D eigenvalue weighted by atomic mass is 9.64. The molecule has 3 fully saturated rings. The molecule has 1 amide bonds. The summed E-state index contributed by atoms with van der Waals surface area (Å²) in [5.41, 5.74) is 4.05. The molecule has 4 aromatic rings. The average Bonchev–Trinajstić information content (AvgIpc) is 3.86. The number of ether oxygens (including phenoxy) is 2. The summed E-state index contributed by atoms with van der Waals surface area (Å²) in [4.78, 5) is 20.5. The molecule has 1 saturated heterocycles. The van der Waals surface area contributed by atoms with Gasteiger partial charge < -0.3 is 14.4 Å². The van der Waals surface area contributed by atoms with Gasteiger partial charge in [-0.1, -0.05) is 48.9 Å². The van der Waals surface area contributed by atoms with Crippen LogP contribution < -0.4 is 4.74 Å². The Balaban J connectivity index is 1.06. The van der Waals surface area contributed by atoms with Gasteiger partial charge in [0.1, 0.15) is 18.0 Å². The third kappa shape index (κ3) is 6.04. The molecule has 0 N–H and O–H groups in total. The fourth-order valence-corrected chi connectivity index (χ4v) is 7.82. The lowest BCUT2D eigenvalue weighted by molar-refractivity contribution is 0.0208. The number of benzene rings is 2. The van der Waals surface area contributed by atoms with Crippen molar-refractivity contribution >= 4 is 6.09 Å². The monoisotopic (exact) mass is 606 g/mol. The van der Waals surface area contributed by atoms with Crippen LogP contribution in [0.1, 0.15) is 76.1 Å². The summed E-state index contributed by atoms with van der Waals surface area (Å²) in [6.07, 6.45) is 8.41. The van der Waals surface area contributed by atoms with Crippen LogP contribution in [0.3, 0.4) is 0 Å². The minimum Gasteiger partial charge on any atom is -0.487 e. The van der Waals surface area contributed by atoms with Gasteiger partial charge in [-0.25, -0.2) is 4.79 Å². The molecule has 2 saturated carbocycles. The number of hydrogen-bond donors (Lipinski definition) is 0. The minimum absolute atomic E-state index is 0.000401. The Morgan fingerprint density at radius 2 is 1.76 bits per heavy atom. The Morgan fingerprint density at radius 3 is 2.42 bits per heavy atom. The van der Waals surface area contributed by atoms with E-state index >= 15 is 0 Å². The predicted molar refractivity (Wildman–Crippen MR) is 170 cm³/mol. The fraction of sp³-hybridized carbons (Fsp3) is 0.472. The van der Waals surface area contributed by atoms with E-state index in [-0.39, 0.29) is 17.6 Å². The molecule has 45 heavy (non-hydrogen) atoms. The lowest BCUT2D eigenvalue weighted by Crippen LogP contribution is -2.41. The highest BCUT2D eigenvalue weighted by Crippen LogP contribution is 2.60. The molecule has 9 nitrogen and oxygen atoms in total. The normalized spacial score (nSPS) is 24.2. The van der Waals surface area contributed by atoms with E-state index in [1.165, 1.54) is 36.8 Å². The molecule has 2 aliphatic carbocycles. The van der Waals surface area contributed by atoms with Crippen LogP contribution in [-0.2, 0) is 23.3 Å². The van der Waals surface area contributed by atoms with Crippen molar-refractivity contribution in [3.8, 4) is 17.1 Å². The molecule has 2 unspecified atom stereocenters. The molecule has 234 valence electrons. The van der Waals surface area contributed by atoms with Gasteiger partial charge in [-0.15, -0.1) is 10.2 Å². The van der Waals surface area contributed by atoms with Gasteiger partial charge in [0.25, 0.3) is 0 Å². The van der Waals surface area contributed by atoms with Gasteiger partial charge in [0.05, 0.1) is 18.3 Å². The van der Waals surface area contributed by atoms with Gasteiger partial charge >= 0.3 is 6.09 Å². The van der Waals surface area contributed by atoms with Crippen molar-refractivity contribution in [3.63, 3.8) is 0 Å². The minimum atomic E-state index is -0.524. The number of amides is 1. The average molecular weight is 607 g/mol. The zero-order valence-electron chi connectivity index (χ0n) is 26.4. The number of fused-ring (bicyclic) bond motifs is 2. The van der Waals surface area contributed by atoms with E-state index in [0.29, 0.717) is 31.4 Å². The van der Waals surface area contributed by atoms with Crippen LogP contribution in [0.4, 0.5) is 4.79 Å². The van der Waals surface area contributed by atoms with Crippen LogP contribution in [0.15, 0.2) is 72.9 Å². The number of nitrogens with zero attached hydrogens (tertiary/aromatic N) is 6. The molecule has 1 aliphatic heterocycles. The van der Waals surface area contributed by atoms with E-state index in [0.717, 1.165) is 35.8 Å². The van der Waals surface area contributed by atoms with Crippen LogP contribution in [0.5, 0.6) is 5.75 Å². The van der Waals surface area contributed by atoms with Gasteiger partial charge in [-0.2, -0.15) is 4.80 Å². The SMILES string of the molecule is CC(C)(C)OC(=O)N1CCC[C@H]1Cn1nnc(-c2ccc([C@]3(c4ccc(OCc5ccccn5)cc4)CC4CCC3C4)cc2)n1. The molecule has 7 rings (SSSR count). The largest absolute Gasteiger partial charge is 0.487 e. The number of likely N-dealkylation sites (tertiary alicyclic amines) is 1. The third-order valence-electron chi connectivity index (χ3n) is 9.82. The summed E-state index contributed by atoms with van der Waals surface area (Å²) >= 11 is 0. The number of rotatable bonds is 8. The Kier molecular flexibility index (Phi) is 7.79.